The minimum Gasteiger partial charge on any atom is -0.507 e. The summed E-state index contributed by atoms with van der Waals surface area (Å²) in [6.45, 7) is 7.57. The standard InChI is InChI=1S/C21H29NO6/c1-5-8-16(23)20(26)17(24)10-7-9-14-11-15(22-6-2)12-18(25)19(14)21(27)28-13(3)4/h5,7-9,11-13,17,20,22,24-26H,6,10H2,1-4H3/b8-5-,9-7+/t17-,20+/m0/s1. The predicted molar refractivity (Wildman–Crippen MR) is 108 cm³/mol. The number of carbonyl (C=O) groups is 2. The van der Waals surface area contributed by atoms with Crippen molar-refractivity contribution in [1.82, 2.24) is 0 Å². The number of rotatable bonds is 10. The molecule has 7 nitrogen and oxygen atoms in total. The van der Waals surface area contributed by atoms with E-state index >= 15 is 0 Å². The number of phenolic OH excluding ortho intramolecular Hbond substituents is 1. The second-order valence-corrected chi connectivity index (χ2v) is 6.50. The Balaban J connectivity index is 3.10. The van der Waals surface area contributed by atoms with Gasteiger partial charge in [-0.2, -0.15) is 0 Å². The molecule has 1 rings (SSSR count). The van der Waals surface area contributed by atoms with Gasteiger partial charge in [-0.05, 0) is 51.8 Å². The number of carbonyl (C=O) groups excluding carboxylic acids is 2. The Kier molecular flexibility index (Phi) is 9.41. The monoisotopic (exact) mass is 391 g/mol. The van der Waals surface area contributed by atoms with E-state index in [1.807, 2.05) is 6.92 Å². The fraction of sp³-hybridized carbons (Fsp3) is 0.429. The highest BCUT2D eigenvalue weighted by molar-refractivity contribution is 5.97. The maximum Gasteiger partial charge on any atom is 0.342 e. The number of aliphatic hydroxyl groups excluding tert-OH is 2. The van der Waals surface area contributed by atoms with Crippen LogP contribution in [0.3, 0.4) is 0 Å². The molecular formula is C21H29NO6. The van der Waals surface area contributed by atoms with Crippen LogP contribution in [0, 0.1) is 0 Å². The summed E-state index contributed by atoms with van der Waals surface area (Å²) >= 11 is 0. The number of benzene rings is 1. The van der Waals surface area contributed by atoms with Crippen LogP contribution in [-0.4, -0.2) is 51.9 Å². The number of phenols is 1. The van der Waals surface area contributed by atoms with Crippen molar-refractivity contribution in [3.05, 3.63) is 41.5 Å². The lowest BCUT2D eigenvalue weighted by Gasteiger charge is -2.15. The minimum atomic E-state index is -1.53. The molecule has 0 fully saturated rings. The summed E-state index contributed by atoms with van der Waals surface area (Å²) in [5.74, 6) is -1.48. The Labute approximate surface area is 165 Å². The second kappa shape index (κ2) is 11.3. The van der Waals surface area contributed by atoms with E-state index in [2.05, 4.69) is 5.32 Å². The lowest BCUT2D eigenvalue weighted by molar-refractivity contribution is -0.127. The largest absolute Gasteiger partial charge is 0.507 e. The van der Waals surface area contributed by atoms with Gasteiger partial charge in [-0.25, -0.2) is 4.79 Å². The van der Waals surface area contributed by atoms with Crippen molar-refractivity contribution in [2.24, 2.45) is 0 Å². The average molecular weight is 391 g/mol. The van der Waals surface area contributed by atoms with Gasteiger partial charge in [0.1, 0.15) is 17.4 Å². The van der Waals surface area contributed by atoms with Crippen LogP contribution >= 0.6 is 0 Å². The summed E-state index contributed by atoms with van der Waals surface area (Å²) in [5, 5.41) is 33.1. The van der Waals surface area contributed by atoms with Gasteiger partial charge in [0.05, 0.1) is 12.2 Å². The van der Waals surface area contributed by atoms with Crippen LogP contribution in [0.25, 0.3) is 6.08 Å². The lowest BCUT2D eigenvalue weighted by Crippen LogP contribution is -2.32. The van der Waals surface area contributed by atoms with Crippen molar-refractivity contribution in [1.29, 1.82) is 0 Å². The van der Waals surface area contributed by atoms with Crippen molar-refractivity contribution in [3.63, 3.8) is 0 Å². The Morgan fingerprint density at radius 1 is 1.25 bits per heavy atom. The summed E-state index contributed by atoms with van der Waals surface area (Å²) in [6, 6.07) is 3.11. The van der Waals surface area contributed by atoms with E-state index in [-0.39, 0.29) is 23.8 Å². The third-order valence-electron chi connectivity index (χ3n) is 3.74. The molecule has 2 atom stereocenters. The number of aliphatic hydroxyl groups is 2. The first-order chi connectivity index (χ1) is 13.2. The van der Waals surface area contributed by atoms with Crippen molar-refractivity contribution < 1.29 is 29.6 Å². The quantitative estimate of drug-likeness (QED) is 0.358. The molecule has 0 unspecified atom stereocenters. The average Bonchev–Trinajstić information content (AvgIpc) is 2.60. The van der Waals surface area contributed by atoms with Gasteiger partial charge in [0.15, 0.2) is 5.78 Å². The molecule has 0 heterocycles. The van der Waals surface area contributed by atoms with E-state index in [0.29, 0.717) is 17.8 Å². The number of hydrogen-bond acceptors (Lipinski definition) is 7. The number of hydrogen-bond donors (Lipinski definition) is 4. The first-order valence-electron chi connectivity index (χ1n) is 9.22. The molecule has 154 valence electrons. The SMILES string of the molecule is C/C=C\C(=O)[C@@H](O)[C@@H](O)C/C=C/c1cc(NCC)cc(O)c1C(=O)OC(C)C. The highest BCUT2D eigenvalue weighted by Crippen LogP contribution is 2.29. The third-order valence-corrected chi connectivity index (χ3v) is 3.74. The molecule has 0 aliphatic rings. The molecule has 0 saturated carbocycles. The zero-order chi connectivity index (χ0) is 21.3. The van der Waals surface area contributed by atoms with E-state index in [4.69, 9.17) is 4.74 Å². The molecule has 1 aromatic carbocycles. The molecule has 1 aromatic rings. The third kappa shape index (κ3) is 6.83. The van der Waals surface area contributed by atoms with Crippen LogP contribution in [0.1, 0.15) is 50.0 Å². The highest BCUT2D eigenvalue weighted by Gasteiger charge is 2.22. The Morgan fingerprint density at radius 2 is 1.93 bits per heavy atom. The molecule has 4 N–H and O–H groups in total. The fourth-order valence-electron chi connectivity index (χ4n) is 2.50. The van der Waals surface area contributed by atoms with E-state index in [9.17, 15) is 24.9 Å². The molecule has 0 amide bonds. The van der Waals surface area contributed by atoms with Crippen LogP contribution in [0.2, 0.25) is 0 Å². The zero-order valence-corrected chi connectivity index (χ0v) is 16.7. The lowest BCUT2D eigenvalue weighted by atomic mass is 10.0. The number of ketones is 1. The van der Waals surface area contributed by atoms with Gasteiger partial charge in [0.25, 0.3) is 0 Å². The smallest absolute Gasteiger partial charge is 0.342 e. The molecule has 0 aliphatic heterocycles. The maximum atomic E-state index is 12.4. The van der Waals surface area contributed by atoms with Crippen LogP contribution in [-0.2, 0) is 9.53 Å². The summed E-state index contributed by atoms with van der Waals surface area (Å²) in [5.41, 5.74) is 1.01. The number of anilines is 1. The van der Waals surface area contributed by atoms with Crippen molar-refractivity contribution in [3.8, 4) is 5.75 Å². The molecule has 0 aliphatic carbocycles. The number of esters is 1. The van der Waals surface area contributed by atoms with Crippen molar-refractivity contribution in [2.45, 2.75) is 52.4 Å². The first-order valence-corrected chi connectivity index (χ1v) is 9.22. The molecule has 0 radical (unpaired) electrons. The Hall–Kier alpha value is -2.64. The maximum absolute atomic E-state index is 12.4. The minimum absolute atomic E-state index is 0.00614. The number of aromatic hydroxyl groups is 1. The summed E-state index contributed by atoms with van der Waals surface area (Å²) < 4.78 is 5.19. The summed E-state index contributed by atoms with van der Waals surface area (Å²) in [4.78, 5) is 24.0. The fourth-order valence-corrected chi connectivity index (χ4v) is 2.50. The van der Waals surface area contributed by atoms with Crippen LogP contribution < -0.4 is 5.32 Å². The summed E-state index contributed by atoms with van der Waals surface area (Å²) in [7, 11) is 0. The van der Waals surface area contributed by atoms with E-state index < -0.39 is 24.0 Å². The van der Waals surface area contributed by atoms with Gasteiger partial charge >= 0.3 is 5.97 Å². The Bertz CT molecular complexity index is 739. The summed E-state index contributed by atoms with van der Waals surface area (Å²) in [6.07, 6.45) is 2.53. The Morgan fingerprint density at radius 3 is 2.50 bits per heavy atom. The topological polar surface area (TPSA) is 116 Å². The van der Waals surface area contributed by atoms with Gasteiger partial charge in [-0.1, -0.05) is 18.2 Å². The van der Waals surface area contributed by atoms with Gasteiger partial charge in [0.2, 0.25) is 0 Å². The number of nitrogens with one attached hydrogen (secondary N) is 1. The normalized spacial score (nSPS) is 13.8. The molecule has 28 heavy (non-hydrogen) atoms. The number of allylic oxidation sites excluding steroid dienone is 1. The molecule has 0 spiro atoms. The van der Waals surface area contributed by atoms with Crippen LogP contribution in [0.15, 0.2) is 30.4 Å². The van der Waals surface area contributed by atoms with E-state index in [1.54, 1.807) is 26.8 Å². The molecule has 0 saturated heterocycles. The molecule has 0 aromatic heterocycles. The first kappa shape index (κ1) is 23.4. The van der Waals surface area contributed by atoms with Gasteiger partial charge in [-0.15, -0.1) is 0 Å². The zero-order valence-electron chi connectivity index (χ0n) is 16.7. The van der Waals surface area contributed by atoms with Crippen molar-refractivity contribution in [2.75, 3.05) is 11.9 Å². The number of ether oxygens (including phenoxy) is 1. The van der Waals surface area contributed by atoms with Crippen LogP contribution in [0.4, 0.5) is 5.69 Å². The van der Waals surface area contributed by atoms with Crippen LogP contribution in [0.5, 0.6) is 5.75 Å². The van der Waals surface area contributed by atoms with Gasteiger partial charge < -0.3 is 25.4 Å². The highest BCUT2D eigenvalue weighted by atomic mass is 16.5. The molecular weight excluding hydrogens is 362 g/mol. The van der Waals surface area contributed by atoms with E-state index in [0.717, 1.165) is 0 Å². The van der Waals surface area contributed by atoms with Gasteiger partial charge in [0, 0.05) is 18.3 Å². The second-order valence-electron chi connectivity index (χ2n) is 6.50. The molecule has 0 bridgehead atoms. The predicted octanol–water partition coefficient (Wildman–Crippen LogP) is 2.66. The molecule has 7 heteroatoms. The van der Waals surface area contributed by atoms with E-state index in [1.165, 1.54) is 30.4 Å². The van der Waals surface area contributed by atoms with Crippen molar-refractivity contribution >= 4 is 23.5 Å². The van der Waals surface area contributed by atoms with Gasteiger partial charge in [-0.3, -0.25) is 4.79 Å².